The SMILES string of the molecule is CO[C@@H]1CCC2(Cc3ccc(Br)cc3C2)C(=NS(=O)C(C)(C)C)C1. The standard InChI is InChI=1S/C19H26BrNO2S/c1-18(2,3)24(22)21-17-10-16(23-4)7-8-19(17)11-13-5-6-15(20)9-14(13)12-19/h5-6,9,16H,7-8,10-12H2,1-4H3/t16-,19?,24?/m1/s1. The van der Waals surface area contributed by atoms with Crippen molar-refractivity contribution >= 4 is 32.6 Å². The van der Waals surface area contributed by atoms with Crippen LogP contribution in [0.1, 0.15) is 51.2 Å². The van der Waals surface area contributed by atoms with Gasteiger partial charge in [0.05, 0.1) is 10.9 Å². The van der Waals surface area contributed by atoms with Crippen molar-refractivity contribution < 1.29 is 8.95 Å². The maximum atomic E-state index is 12.7. The smallest absolute Gasteiger partial charge is 0.144 e. The zero-order valence-electron chi connectivity index (χ0n) is 14.9. The Labute approximate surface area is 156 Å². The van der Waals surface area contributed by atoms with Crippen LogP contribution in [0.3, 0.4) is 0 Å². The molecule has 0 bridgehead atoms. The largest absolute Gasteiger partial charge is 0.381 e. The van der Waals surface area contributed by atoms with Crippen LogP contribution in [-0.4, -0.2) is 27.9 Å². The Morgan fingerprint density at radius 2 is 2.00 bits per heavy atom. The van der Waals surface area contributed by atoms with E-state index in [9.17, 15) is 4.21 Å². The minimum Gasteiger partial charge on any atom is -0.381 e. The van der Waals surface area contributed by atoms with Crippen LogP contribution in [0.5, 0.6) is 0 Å². The van der Waals surface area contributed by atoms with E-state index >= 15 is 0 Å². The molecular weight excluding hydrogens is 386 g/mol. The van der Waals surface area contributed by atoms with Gasteiger partial charge in [-0.15, -0.1) is 0 Å². The molecule has 0 amide bonds. The second-order valence-electron chi connectivity index (χ2n) is 8.05. The van der Waals surface area contributed by atoms with Gasteiger partial charge in [0, 0.05) is 29.1 Å². The molecule has 1 aromatic rings. The molecule has 1 saturated carbocycles. The van der Waals surface area contributed by atoms with Crippen molar-refractivity contribution in [1.29, 1.82) is 0 Å². The molecule has 0 radical (unpaired) electrons. The zero-order chi connectivity index (χ0) is 17.5. The summed E-state index contributed by atoms with van der Waals surface area (Å²) in [7, 11) is 0.545. The van der Waals surface area contributed by atoms with Crippen LogP contribution in [0.25, 0.3) is 0 Å². The molecule has 3 nitrogen and oxygen atoms in total. The van der Waals surface area contributed by atoms with Crippen LogP contribution in [0.4, 0.5) is 0 Å². The molecule has 2 aliphatic carbocycles. The summed E-state index contributed by atoms with van der Waals surface area (Å²) in [6, 6.07) is 6.56. The van der Waals surface area contributed by atoms with E-state index in [1.807, 2.05) is 20.8 Å². The number of halogens is 1. The lowest BCUT2D eigenvalue weighted by atomic mass is 9.69. The van der Waals surface area contributed by atoms with Crippen molar-refractivity contribution in [1.82, 2.24) is 0 Å². The van der Waals surface area contributed by atoms with Crippen LogP contribution in [0, 0.1) is 5.41 Å². The van der Waals surface area contributed by atoms with E-state index in [-0.39, 0.29) is 16.3 Å². The van der Waals surface area contributed by atoms with Crippen molar-refractivity contribution in [3.05, 3.63) is 33.8 Å². The van der Waals surface area contributed by atoms with E-state index in [0.29, 0.717) is 0 Å². The van der Waals surface area contributed by atoms with Gasteiger partial charge in [0.1, 0.15) is 11.0 Å². The fourth-order valence-electron chi connectivity index (χ4n) is 3.79. The van der Waals surface area contributed by atoms with Crippen LogP contribution < -0.4 is 0 Å². The van der Waals surface area contributed by atoms with Crippen LogP contribution in [0.15, 0.2) is 27.1 Å². The fraction of sp³-hybridized carbons (Fsp3) is 0.632. The molecule has 0 saturated heterocycles. The van der Waals surface area contributed by atoms with Crippen molar-refractivity contribution in [3.63, 3.8) is 0 Å². The predicted molar refractivity (Wildman–Crippen MR) is 104 cm³/mol. The zero-order valence-corrected chi connectivity index (χ0v) is 17.3. The Kier molecular flexibility index (Phi) is 5.07. The first-order valence-electron chi connectivity index (χ1n) is 8.54. The number of nitrogens with zero attached hydrogens (tertiary/aromatic N) is 1. The predicted octanol–water partition coefficient (Wildman–Crippen LogP) is 4.64. The van der Waals surface area contributed by atoms with Crippen LogP contribution in [-0.2, 0) is 28.6 Å². The van der Waals surface area contributed by atoms with E-state index in [1.54, 1.807) is 7.11 Å². The van der Waals surface area contributed by atoms with Gasteiger partial charge in [0.25, 0.3) is 0 Å². The normalized spacial score (nSPS) is 29.9. The highest BCUT2D eigenvalue weighted by Crippen LogP contribution is 2.47. The molecule has 24 heavy (non-hydrogen) atoms. The molecule has 2 aliphatic rings. The number of benzene rings is 1. The van der Waals surface area contributed by atoms with Gasteiger partial charge in [-0.3, -0.25) is 0 Å². The number of hydrogen-bond acceptors (Lipinski definition) is 2. The Morgan fingerprint density at radius 3 is 2.67 bits per heavy atom. The van der Waals surface area contributed by atoms with E-state index in [0.717, 1.165) is 42.3 Å². The molecule has 3 atom stereocenters. The minimum absolute atomic E-state index is 0.0269. The average Bonchev–Trinajstić information content (AvgIpc) is 2.86. The molecular formula is C19H26BrNO2S. The quantitative estimate of drug-likeness (QED) is 0.710. The Hall–Kier alpha value is -0.520. The minimum atomic E-state index is -1.22. The topological polar surface area (TPSA) is 38.7 Å². The average molecular weight is 412 g/mol. The molecule has 5 heteroatoms. The van der Waals surface area contributed by atoms with Gasteiger partial charge in [0.15, 0.2) is 0 Å². The lowest BCUT2D eigenvalue weighted by Gasteiger charge is -2.38. The molecule has 2 unspecified atom stereocenters. The third-order valence-electron chi connectivity index (χ3n) is 5.25. The van der Waals surface area contributed by atoms with Crippen LogP contribution in [0.2, 0.25) is 0 Å². The maximum absolute atomic E-state index is 12.7. The van der Waals surface area contributed by atoms with Gasteiger partial charge in [-0.1, -0.05) is 22.0 Å². The summed E-state index contributed by atoms with van der Waals surface area (Å²) in [4.78, 5) is 0. The van der Waals surface area contributed by atoms with Crippen molar-refractivity contribution in [3.8, 4) is 0 Å². The molecule has 1 spiro atoms. The summed E-state index contributed by atoms with van der Waals surface area (Å²) in [5, 5.41) is 0. The van der Waals surface area contributed by atoms with E-state index < -0.39 is 11.0 Å². The Balaban J connectivity index is 1.96. The highest BCUT2D eigenvalue weighted by atomic mass is 79.9. The van der Waals surface area contributed by atoms with E-state index in [4.69, 9.17) is 9.13 Å². The van der Waals surface area contributed by atoms with Gasteiger partial charge < -0.3 is 4.74 Å². The lowest BCUT2D eigenvalue weighted by Crippen LogP contribution is -2.41. The molecule has 132 valence electrons. The number of methoxy groups -OCH3 is 1. The summed E-state index contributed by atoms with van der Waals surface area (Å²) in [6.45, 7) is 5.95. The monoisotopic (exact) mass is 411 g/mol. The number of fused-ring (bicyclic) bond motifs is 1. The highest BCUT2D eigenvalue weighted by Gasteiger charge is 2.45. The molecule has 0 N–H and O–H groups in total. The molecule has 0 aromatic heterocycles. The number of hydrogen-bond donors (Lipinski definition) is 0. The number of ether oxygens (including phenoxy) is 1. The van der Waals surface area contributed by atoms with Gasteiger partial charge in [0.2, 0.25) is 0 Å². The fourth-order valence-corrected chi connectivity index (χ4v) is 4.94. The molecule has 0 aliphatic heterocycles. The Bertz CT molecular complexity index is 695. The van der Waals surface area contributed by atoms with Gasteiger partial charge in [-0.2, -0.15) is 4.40 Å². The maximum Gasteiger partial charge on any atom is 0.144 e. The summed E-state index contributed by atoms with van der Waals surface area (Å²) < 4.78 is 23.8. The summed E-state index contributed by atoms with van der Waals surface area (Å²) in [5.74, 6) is 0. The Morgan fingerprint density at radius 1 is 1.29 bits per heavy atom. The van der Waals surface area contributed by atoms with Gasteiger partial charge in [-0.05, 0) is 69.7 Å². The first kappa shape index (κ1) is 18.3. The van der Waals surface area contributed by atoms with E-state index in [1.165, 1.54) is 11.1 Å². The summed E-state index contributed by atoms with van der Waals surface area (Å²) in [5.41, 5.74) is 3.93. The van der Waals surface area contributed by atoms with Gasteiger partial charge >= 0.3 is 0 Å². The number of rotatable bonds is 2. The van der Waals surface area contributed by atoms with E-state index in [2.05, 4.69) is 34.1 Å². The van der Waals surface area contributed by atoms with Crippen molar-refractivity contribution in [2.24, 2.45) is 9.81 Å². The third-order valence-corrected chi connectivity index (χ3v) is 7.18. The van der Waals surface area contributed by atoms with Crippen LogP contribution >= 0.6 is 15.9 Å². The van der Waals surface area contributed by atoms with Gasteiger partial charge in [-0.25, -0.2) is 4.21 Å². The molecule has 0 heterocycles. The summed E-state index contributed by atoms with van der Waals surface area (Å²) in [6.07, 6.45) is 5.10. The lowest BCUT2D eigenvalue weighted by molar-refractivity contribution is 0.0779. The molecule has 3 rings (SSSR count). The molecule has 1 aromatic carbocycles. The van der Waals surface area contributed by atoms with Crippen molar-refractivity contribution in [2.45, 2.75) is 63.7 Å². The third kappa shape index (κ3) is 3.54. The highest BCUT2D eigenvalue weighted by molar-refractivity contribution is 9.10. The second-order valence-corrected chi connectivity index (χ2v) is 10.9. The van der Waals surface area contributed by atoms with Crippen molar-refractivity contribution in [2.75, 3.05) is 7.11 Å². The first-order valence-corrected chi connectivity index (χ1v) is 10.4. The molecule has 1 fully saturated rings. The first-order chi connectivity index (χ1) is 11.2. The second kappa shape index (κ2) is 6.65. The summed E-state index contributed by atoms with van der Waals surface area (Å²) >= 11 is 3.58.